The van der Waals surface area contributed by atoms with Crippen LogP contribution in [0, 0.1) is 12.7 Å². The van der Waals surface area contributed by atoms with Crippen molar-refractivity contribution in [3.05, 3.63) is 59.9 Å². The van der Waals surface area contributed by atoms with E-state index in [0.717, 1.165) is 12.8 Å². The quantitative estimate of drug-likeness (QED) is 0.576. The van der Waals surface area contributed by atoms with E-state index in [2.05, 4.69) is 15.4 Å². The van der Waals surface area contributed by atoms with Crippen LogP contribution in [0.4, 0.5) is 4.39 Å². The minimum absolute atomic E-state index is 0.0317. The molecule has 5 rings (SSSR count). The Kier molecular flexibility index (Phi) is 5.95. The maximum atomic E-state index is 14.5. The van der Waals surface area contributed by atoms with Gasteiger partial charge in [-0.25, -0.2) is 17.5 Å². The van der Waals surface area contributed by atoms with E-state index >= 15 is 0 Å². The van der Waals surface area contributed by atoms with Gasteiger partial charge >= 0.3 is 0 Å². The third-order valence-electron chi connectivity index (χ3n) is 6.25. The van der Waals surface area contributed by atoms with Gasteiger partial charge in [-0.15, -0.1) is 0 Å². The zero-order valence-electron chi connectivity index (χ0n) is 18.7. The Balaban J connectivity index is 1.44. The van der Waals surface area contributed by atoms with E-state index in [1.165, 1.54) is 18.3 Å². The number of carbonyl (C=O) groups is 1. The smallest absolute Gasteiger partial charge is 0.254 e. The molecule has 1 N–H and O–H groups in total. The molecule has 0 bridgehead atoms. The van der Waals surface area contributed by atoms with Gasteiger partial charge in [-0.1, -0.05) is 0 Å². The second-order valence-electron chi connectivity index (χ2n) is 8.81. The molecule has 1 saturated carbocycles. The molecule has 1 aliphatic carbocycles. The van der Waals surface area contributed by atoms with Gasteiger partial charge in [-0.05, 0) is 56.4 Å². The second-order valence-corrected chi connectivity index (χ2v) is 11.0. The molecule has 10 heteroatoms. The van der Waals surface area contributed by atoms with Crippen molar-refractivity contribution in [1.82, 2.24) is 20.1 Å². The largest absolute Gasteiger partial charge is 0.381 e. The number of aromatic nitrogens is 3. The molecule has 0 atom stereocenters. The lowest BCUT2D eigenvalue weighted by Crippen LogP contribution is -2.29. The number of rotatable bonds is 6. The van der Waals surface area contributed by atoms with Crippen LogP contribution in [0.5, 0.6) is 0 Å². The van der Waals surface area contributed by atoms with Gasteiger partial charge < -0.3 is 10.1 Å². The first kappa shape index (κ1) is 22.7. The summed E-state index contributed by atoms with van der Waals surface area (Å²) in [6, 6.07) is 4.53. The van der Waals surface area contributed by atoms with Gasteiger partial charge in [0.25, 0.3) is 5.91 Å². The molecule has 3 aromatic rings. The predicted octanol–water partition coefficient (Wildman–Crippen LogP) is 3.23. The van der Waals surface area contributed by atoms with Crippen molar-refractivity contribution >= 4 is 15.7 Å². The highest BCUT2D eigenvalue weighted by molar-refractivity contribution is 7.92. The second kappa shape index (κ2) is 8.92. The van der Waals surface area contributed by atoms with Crippen LogP contribution in [-0.2, 0) is 14.6 Å². The SMILES string of the molecule is Cc1cc(F)c(C(=O)NC2CC2)cc1-n1cc(-c2cncc(S(=O)(=O)C3CCOCC3)c2)cn1. The van der Waals surface area contributed by atoms with Crippen LogP contribution in [0.2, 0.25) is 0 Å². The van der Waals surface area contributed by atoms with Crippen LogP contribution in [0.15, 0.2) is 47.9 Å². The van der Waals surface area contributed by atoms with Crippen molar-refractivity contribution in [2.24, 2.45) is 0 Å². The number of ether oxygens (including phenoxy) is 1. The van der Waals surface area contributed by atoms with Crippen LogP contribution in [0.1, 0.15) is 41.6 Å². The third kappa shape index (κ3) is 4.47. The molecule has 1 aliphatic heterocycles. The van der Waals surface area contributed by atoms with Gasteiger partial charge in [-0.2, -0.15) is 5.10 Å². The van der Waals surface area contributed by atoms with Gasteiger partial charge in [0, 0.05) is 49.0 Å². The average molecular weight is 485 g/mol. The number of carbonyl (C=O) groups excluding carboxylic acids is 1. The predicted molar refractivity (Wildman–Crippen MR) is 123 cm³/mol. The number of halogens is 1. The first-order valence-corrected chi connectivity index (χ1v) is 12.8. The van der Waals surface area contributed by atoms with Crippen LogP contribution in [0.3, 0.4) is 0 Å². The molecular weight excluding hydrogens is 459 g/mol. The third-order valence-corrected chi connectivity index (χ3v) is 8.48. The van der Waals surface area contributed by atoms with Gasteiger partial charge in [0.05, 0.1) is 27.6 Å². The molecule has 1 amide bonds. The highest BCUT2D eigenvalue weighted by Crippen LogP contribution is 2.28. The van der Waals surface area contributed by atoms with E-state index in [4.69, 9.17) is 4.74 Å². The van der Waals surface area contributed by atoms with Crippen molar-refractivity contribution in [2.45, 2.75) is 48.8 Å². The Morgan fingerprint density at radius 3 is 2.59 bits per heavy atom. The number of pyridine rings is 1. The molecule has 2 aliphatic rings. The van der Waals surface area contributed by atoms with Gasteiger partial charge in [0.15, 0.2) is 9.84 Å². The summed E-state index contributed by atoms with van der Waals surface area (Å²) in [6.07, 6.45) is 9.00. The van der Waals surface area contributed by atoms with Gasteiger partial charge in [0.2, 0.25) is 0 Å². The number of sulfone groups is 1. The molecule has 178 valence electrons. The van der Waals surface area contributed by atoms with E-state index in [1.807, 2.05) is 0 Å². The molecule has 1 aromatic carbocycles. The Morgan fingerprint density at radius 1 is 1.09 bits per heavy atom. The molecule has 3 heterocycles. The molecule has 34 heavy (non-hydrogen) atoms. The first-order chi connectivity index (χ1) is 16.3. The summed E-state index contributed by atoms with van der Waals surface area (Å²) in [5.41, 5.74) is 2.41. The number of benzene rings is 1. The van der Waals surface area contributed by atoms with Crippen molar-refractivity contribution in [3.63, 3.8) is 0 Å². The Morgan fingerprint density at radius 2 is 1.85 bits per heavy atom. The van der Waals surface area contributed by atoms with E-state index in [0.29, 0.717) is 48.4 Å². The van der Waals surface area contributed by atoms with Crippen molar-refractivity contribution in [3.8, 4) is 16.8 Å². The van der Waals surface area contributed by atoms with E-state index in [-0.39, 0.29) is 16.5 Å². The van der Waals surface area contributed by atoms with Crippen LogP contribution in [0.25, 0.3) is 16.8 Å². The summed E-state index contributed by atoms with van der Waals surface area (Å²) < 4.78 is 47.5. The summed E-state index contributed by atoms with van der Waals surface area (Å²) in [5, 5.41) is 6.70. The van der Waals surface area contributed by atoms with Crippen molar-refractivity contribution in [1.29, 1.82) is 0 Å². The zero-order chi connectivity index (χ0) is 23.9. The van der Waals surface area contributed by atoms with Crippen molar-refractivity contribution in [2.75, 3.05) is 13.2 Å². The molecule has 0 unspecified atom stereocenters. The topological polar surface area (TPSA) is 103 Å². The van der Waals surface area contributed by atoms with Gasteiger partial charge in [0.1, 0.15) is 5.82 Å². The van der Waals surface area contributed by atoms with E-state index in [1.54, 1.807) is 36.3 Å². The number of hydrogen-bond donors (Lipinski definition) is 1. The fourth-order valence-electron chi connectivity index (χ4n) is 4.09. The fraction of sp³-hybridized carbons (Fsp3) is 0.375. The summed E-state index contributed by atoms with van der Waals surface area (Å²) in [4.78, 5) is 16.8. The lowest BCUT2D eigenvalue weighted by molar-refractivity contribution is 0.0947. The minimum atomic E-state index is -3.53. The molecule has 2 aromatic heterocycles. The van der Waals surface area contributed by atoms with E-state index in [9.17, 15) is 17.6 Å². The maximum Gasteiger partial charge on any atom is 0.254 e. The lowest BCUT2D eigenvalue weighted by atomic mass is 10.1. The van der Waals surface area contributed by atoms with E-state index < -0.39 is 26.8 Å². The summed E-state index contributed by atoms with van der Waals surface area (Å²) >= 11 is 0. The highest BCUT2D eigenvalue weighted by atomic mass is 32.2. The molecular formula is C24H25FN4O4S. The van der Waals surface area contributed by atoms with Crippen LogP contribution >= 0.6 is 0 Å². The Labute approximate surface area is 197 Å². The molecule has 2 fully saturated rings. The number of aryl methyl sites for hydroxylation is 1. The molecule has 0 radical (unpaired) electrons. The molecule has 0 spiro atoms. The Hall–Kier alpha value is -3.11. The standard InChI is InChI=1S/C24H25FN4O4S/c1-15-8-22(25)21(24(30)28-18-2-3-18)10-23(15)29-14-17(12-27-29)16-9-20(13-26-11-16)34(31,32)19-4-6-33-7-5-19/h8-14,18-19H,2-7H2,1H3,(H,28,30). The number of nitrogens with one attached hydrogen (secondary N) is 1. The number of amides is 1. The number of hydrogen-bond acceptors (Lipinski definition) is 6. The first-order valence-electron chi connectivity index (χ1n) is 11.3. The molecule has 8 nitrogen and oxygen atoms in total. The zero-order valence-corrected chi connectivity index (χ0v) is 19.5. The van der Waals surface area contributed by atoms with Crippen LogP contribution < -0.4 is 5.32 Å². The molecule has 1 saturated heterocycles. The Bertz CT molecular complexity index is 1340. The maximum absolute atomic E-state index is 14.5. The lowest BCUT2D eigenvalue weighted by Gasteiger charge is -2.22. The summed E-state index contributed by atoms with van der Waals surface area (Å²) in [7, 11) is -3.53. The average Bonchev–Trinajstić information content (AvgIpc) is 3.51. The highest BCUT2D eigenvalue weighted by Gasteiger charge is 2.30. The summed E-state index contributed by atoms with van der Waals surface area (Å²) in [6.45, 7) is 2.61. The summed E-state index contributed by atoms with van der Waals surface area (Å²) in [5.74, 6) is -1.02. The minimum Gasteiger partial charge on any atom is -0.381 e. The monoisotopic (exact) mass is 484 g/mol. The fourth-order valence-corrected chi connectivity index (χ4v) is 5.78. The number of nitrogens with zero attached hydrogens (tertiary/aromatic N) is 3. The van der Waals surface area contributed by atoms with Crippen LogP contribution in [-0.4, -0.2) is 53.6 Å². The normalized spacial score (nSPS) is 17.0. The van der Waals surface area contributed by atoms with Crippen molar-refractivity contribution < 1.29 is 22.3 Å². The van der Waals surface area contributed by atoms with Gasteiger partial charge in [-0.3, -0.25) is 9.78 Å².